The number of anilines is 2. The number of rotatable bonds is 2. The summed E-state index contributed by atoms with van der Waals surface area (Å²) in [4.78, 5) is 16.5. The van der Waals surface area contributed by atoms with Crippen LogP contribution in [-0.2, 0) is 4.79 Å². The number of nitrogens with zero attached hydrogens (tertiary/aromatic N) is 2. The second-order valence-electron chi connectivity index (χ2n) is 5.69. The highest BCUT2D eigenvalue weighted by Crippen LogP contribution is 2.33. The first kappa shape index (κ1) is 12.5. The average Bonchev–Trinajstić information content (AvgIpc) is 2.40. The molecule has 1 atom stereocenters. The van der Waals surface area contributed by atoms with Crippen LogP contribution in [0, 0.1) is 5.92 Å². The van der Waals surface area contributed by atoms with Crippen LogP contribution < -0.4 is 10.6 Å². The van der Waals surface area contributed by atoms with Gasteiger partial charge in [0.1, 0.15) is 0 Å². The summed E-state index contributed by atoms with van der Waals surface area (Å²) in [6, 6.07) is 7.97. The molecule has 0 spiro atoms. The van der Waals surface area contributed by atoms with Gasteiger partial charge in [-0.2, -0.15) is 0 Å². The van der Waals surface area contributed by atoms with Gasteiger partial charge < -0.3 is 15.5 Å². The van der Waals surface area contributed by atoms with Gasteiger partial charge in [-0.1, -0.05) is 6.07 Å². The van der Waals surface area contributed by atoms with Crippen molar-refractivity contribution in [3.05, 3.63) is 24.3 Å². The lowest BCUT2D eigenvalue weighted by molar-refractivity contribution is -0.117. The molecule has 2 N–H and O–H groups in total. The lowest BCUT2D eigenvalue weighted by atomic mass is 9.83. The molecule has 1 unspecified atom stereocenters. The summed E-state index contributed by atoms with van der Waals surface area (Å²) in [6.45, 7) is 5.02. The standard InChI is InChI=1S/C15H21N3O/c1-11(19)18(14-4-2-3-13(16)9-14)15-10-17-7-5-12(15)6-8-17/h2-4,9,12,15H,5-8,10,16H2,1H3. The Kier molecular flexibility index (Phi) is 3.19. The first-order valence-corrected chi connectivity index (χ1v) is 7.03. The largest absolute Gasteiger partial charge is 0.399 e. The van der Waals surface area contributed by atoms with E-state index in [1.165, 1.54) is 25.9 Å². The molecule has 3 aliphatic heterocycles. The minimum atomic E-state index is 0.115. The fourth-order valence-electron chi connectivity index (χ4n) is 3.51. The van der Waals surface area contributed by atoms with Crippen LogP contribution in [0.15, 0.2) is 24.3 Å². The van der Waals surface area contributed by atoms with Gasteiger partial charge in [-0.3, -0.25) is 4.79 Å². The van der Waals surface area contributed by atoms with Crippen molar-refractivity contribution in [2.75, 3.05) is 30.3 Å². The number of piperidine rings is 3. The second-order valence-corrected chi connectivity index (χ2v) is 5.69. The smallest absolute Gasteiger partial charge is 0.224 e. The molecule has 1 aromatic carbocycles. The molecule has 102 valence electrons. The molecule has 4 heteroatoms. The van der Waals surface area contributed by atoms with Crippen molar-refractivity contribution in [3.8, 4) is 0 Å². The van der Waals surface area contributed by atoms with Crippen molar-refractivity contribution in [3.63, 3.8) is 0 Å². The van der Waals surface area contributed by atoms with Crippen molar-refractivity contribution in [2.45, 2.75) is 25.8 Å². The number of hydrogen-bond donors (Lipinski definition) is 1. The zero-order valence-corrected chi connectivity index (χ0v) is 11.4. The van der Waals surface area contributed by atoms with E-state index in [0.717, 1.165) is 12.2 Å². The van der Waals surface area contributed by atoms with Crippen LogP contribution in [0.1, 0.15) is 19.8 Å². The zero-order chi connectivity index (χ0) is 13.4. The summed E-state index contributed by atoms with van der Waals surface area (Å²) in [5.74, 6) is 0.750. The monoisotopic (exact) mass is 259 g/mol. The summed E-state index contributed by atoms with van der Waals surface area (Å²) in [7, 11) is 0. The number of amides is 1. The van der Waals surface area contributed by atoms with Crippen LogP contribution in [-0.4, -0.2) is 36.5 Å². The summed E-state index contributed by atoms with van der Waals surface area (Å²) in [5.41, 5.74) is 7.50. The maximum atomic E-state index is 12.1. The van der Waals surface area contributed by atoms with E-state index in [9.17, 15) is 4.79 Å². The maximum Gasteiger partial charge on any atom is 0.224 e. The number of hydrogen-bond acceptors (Lipinski definition) is 3. The van der Waals surface area contributed by atoms with Crippen LogP contribution in [0.5, 0.6) is 0 Å². The quantitative estimate of drug-likeness (QED) is 0.823. The molecule has 3 heterocycles. The first-order valence-electron chi connectivity index (χ1n) is 7.03. The molecule has 4 rings (SSSR count). The van der Waals surface area contributed by atoms with Gasteiger partial charge in [-0.25, -0.2) is 0 Å². The van der Waals surface area contributed by atoms with Gasteiger partial charge in [0, 0.05) is 24.8 Å². The van der Waals surface area contributed by atoms with Crippen LogP contribution in [0.4, 0.5) is 11.4 Å². The van der Waals surface area contributed by atoms with E-state index in [1.807, 2.05) is 29.2 Å². The topological polar surface area (TPSA) is 49.6 Å². The Bertz CT molecular complexity index is 480. The van der Waals surface area contributed by atoms with Gasteiger partial charge in [-0.05, 0) is 50.0 Å². The Morgan fingerprint density at radius 2 is 2.11 bits per heavy atom. The van der Waals surface area contributed by atoms with E-state index >= 15 is 0 Å². The molecule has 1 aromatic rings. The van der Waals surface area contributed by atoms with E-state index in [4.69, 9.17) is 5.73 Å². The van der Waals surface area contributed by atoms with Crippen molar-refractivity contribution < 1.29 is 4.79 Å². The molecular weight excluding hydrogens is 238 g/mol. The summed E-state index contributed by atoms with van der Waals surface area (Å²) < 4.78 is 0. The Balaban J connectivity index is 1.91. The van der Waals surface area contributed by atoms with Gasteiger partial charge in [0.25, 0.3) is 0 Å². The van der Waals surface area contributed by atoms with Gasteiger partial charge in [-0.15, -0.1) is 0 Å². The molecule has 0 aliphatic carbocycles. The van der Waals surface area contributed by atoms with Gasteiger partial charge >= 0.3 is 0 Å². The highest BCUT2D eigenvalue weighted by Gasteiger charge is 2.39. The highest BCUT2D eigenvalue weighted by atomic mass is 16.2. The number of nitrogen functional groups attached to an aromatic ring is 1. The van der Waals surface area contributed by atoms with Crippen LogP contribution in [0.3, 0.4) is 0 Å². The van der Waals surface area contributed by atoms with Crippen molar-refractivity contribution >= 4 is 17.3 Å². The molecule has 1 amide bonds. The Labute approximate surface area is 114 Å². The summed E-state index contributed by atoms with van der Waals surface area (Å²) in [5, 5.41) is 0. The predicted molar refractivity (Wildman–Crippen MR) is 77.0 cm³/mol. The molecule has 0 saturated carbocycles. The molecule has 3 aliphatic rings. The van der Waals surface area contributed by atoms with E-state index in [1.54, 1.807) is 6.92 Å². The fourth-order valence-corrected chi connectivity index (χ4v) is 3.51. The lowest BCUT2D eigenvalue weighted by Gasteiger charge is -2.48. The number of carbonyl (C=O) groups excluding carboxylic acids is 1. The number of fused-ring (bicyclic) bond motifs is 3. The fraction of sp³-hybridized carbons (Fsp3) is 0.533. The molecule has 2 bridgehead atoms. The molecule has 4 nitrogen and oxygen atoms in total. The third kappa shape index (κ3) is 2.32. The van der Waals surface area contributed by atoms with Crippen molar-refractivity contribution in [1.29, 1.82) is 0 Å². The minimum absolute atomic E-state index is 0.115. The minimum Gasteiger partial charge on any atom is -0.399 e. The van der Waals surface area contributed by atoms with Crippen molar-refractivity contribution in [2.24, 2.45) is 5.92 Å². The molecule has 0 aromatic heterocycles. The van der Waals surface area contributed by atoms with E-state index in [2.05, 4.69) is 4.90 Å². The maximum absolute atomic E-state index is 12.1. The van der Waals surface area contributed by atoms with Gasteiger partial charge in [0.05, 0.1) is 6.04 Å². The summed E-state index contributed by atoms with van der Waals surface area (Å²) in [6.07, 6.45) is 2.41. The van der Waals surface area contributed by atoms with E-state index < -0.39 is 0 Å². The number of benzene rings is 1. The van der Waals surface area contributed by atoms with Crippen LogP contribution in [0.2, 0.25) is 0 Å². The summed E-state index contributed by atoms with van der Waals surface area (Å²) >= 11 is 0. The third-order valence-electron chi connectivity index (χ3n) is 4.44. The molecular formula is C15H21N3O. The zero-order valence-electron chi connectivity index (χ0n) is 11.4. The Hall–Kier alpha value is -1.55. The number of nitrogens with two attached hydrogens (primary N) is 1. The lowest BCUT2D eigenvalue weighted by Crippen LogP contribution is -2.58. The molecule has 3 saturated heterocycles. The predicted octanol–water partition coefficient (Wildman–Crippen LogP) is 1.72. The molecule has 19 heavy (non-hydrogen) atoms. The molecule has 0 radical (unpaired) electrons. The van der Waals surface area contributed by atoms with Crippen LogP contribution in [0.25, 0.3) is 0 Å². The van der Waals surface area contributed by atoms with Gasteiger partial charge in [0.2, 0.25) is 5.91 Å². The Morgan fingerprint density at radius 3 is 2.63 bits per heavy atom. The molecule has 3 fully saturated rings. The number of carbonyl (C=O) groups is 1. The SMILES string of the molecule is CC(=O)N(c1cccc(N)c1)C1CN2CCC1CC2. The highest BCUT2D eigenvalue weighted by molar-refractivity contribution is 5.92. The first-order chi connectivity index (χ1) is 9.15. The third-order valence-corrected chi connectivity index (χ3v) is 4.44. The second kappa shape index (κ2) is 4.85. The normalized spacial score (nSPS) is 29.2. The van der Waals surface area contributed by atoms with Crippen molar-refractivity contribution in [1.82, 2.24) is 4.90 Å². The van der Waals surface area contributed by atoms with Crippen LogP contribution >= 0.6 is 0 Å². The average molecular weight is 259 g/mol. The van der Waals surface area contributed by atoms with E-state index in [-0.39, 0.29) is 5.91 Å². The Morgan fingerprint density at radius 1 is 1.37 bits per heavy atom. The van der Waals surface area contributed by atoms with Gasteiger partial charge in [0.15, 0.2) is 0 Å². The van der Waals surface area contributed by atoms with E-state index in [0.29, 0.717) is 17.6 Å².